The van der Waals surface area contributed by atoms with Crippen molar-refractivity contribution in [3.05, 3.63) is 143 Å². The Morgan fingerprint density at radius 3 is 1.40 bits per heavy atom. The van der Waals surface area contributed by atoms with Crippen LogP contribution in [-0.4, -0.2) is 222 Å². The van der Waals surface area contributed by atoms with Gasteiger partial charge in [0.15, 0.2) is 11.9 Å². The highest BCUT2D eigenvalue weighted by Gasteiger charge is 2.40. The van der Waals surface area contributed by atoms with Gasteiger partial charge in [0.1, 0.15) is 66.2 Å². The fourth-order valence-electron chi connectivity index (χ4n) is 12.7. The molecular weight excluding hydrogens is 1570 g/mol. The molecule has 1 fully saturated rings. The molecule has 11 amide bonds. The lowest BCUT2D eigenvalue weighted by atomic mass is 9.99. The fraction of sp³-hybridized carbons (Fsp3) is 0.500. The molecule has 1 saturated heterocycles. The summed E-state index contributed by atoms with van der Waals surface area (Å²) in [7, 11) is 0. The normalized spacial score (nSPS) is 14.2. The number of aliphatic imine (C=N–C) groups is 2. The van der Waals surface area contributed by atoms with E-state index in [1.807, 2.05) is 84.0 Å². The van der Waals surface area contributed by atoms with Gasteiger partial charge in [0, 0.05) is 108 Å². The second-order valence-electron chi connectivity index (χ2n) is 29.0. The number of aromatic nitrogens is 1. The van der Waals surface area contributed by atoms with Crippen molar-refractivity contribution in [2.45, 2.75) is 213 Å². The van der Waals surface area contributed by atoms with Gasteiger partial charge in [-0.2, -0.15) is 0 Å². The molecule has 36 heteroatoms. The number of carboxylic acid groups (broad SMARTS) is 2. The van der Waals surface area contributed by atoms with Crippen molar-refractivity contribution in [1.29, 1.82) is 0 Å². The number of nitrogens with one attached hydrogen (secondary N) is 13. The van der Waals surface area contributed by atoms with E-state index in [4.69, 9.17) is 37.1 Å². The Kier molecular flexibility index (Phi) is 45.3. The number of carboxylic acids is 2. The number of carbonyl (C=O) groups is 13. The maximum atomic E-state index is 15.2. The van der Waals surface area contributed by atoms with E-state index < -0.39 is 144 Å². The summed E-state index contributed by atoms with van der Waals surface area (Å²) in [5.74, 6) is -9.89. The van der Waals surface area contributed by atoms with Crippen molar-refractivity contribution in [1.82, 2.24) is 79.0 Å². The molecule has 4 aromatic carbocycles. The number of halogens is 1. The largest absolute Gasteiger partial charge is 0.550 e. The average Bonchev–Trinajstić information content (AvgIpc) is 1.74. The smallest absolute Gasteiger partial charge is 0.245 e. The third kappa shape index (κ3) is 37.7. The van der Waals surface area contributed by atoms with Crippen LogP contribution in [0.2, 0.25) is 5.02 Å². The van der Waals surface area contributed by atoms with E-state index in [0.717, 1.165) is 24.6 Å². The number of aliphatic hydroxyl groups is 1. The Morgan fingerprint density at radius 1 is 0.508 bits per heavy atom. The highest BCUT2D eigenvalue weighted by atomic mass is 35.5. The molecule has 6 rings (SSSR count). The predicted octanol–water partition coefficient (Wildman–Crippen LogP) is -0.215. The number of likely N-dealkylation sites (tertiary alicyclic amines) is 1. The van der Waals surface area contributed by atoms with Gasteiger partial charge in [-0.1, -0.05) is 98.2 Å². The van der Waals surface area contributed by atoms with Crippen LogP contribution in [0.25, 0.3) is 10.8 Å². The highest BCUT2D eigenvalue weighted by molar-refractivity contribution is 6.30. The molecule has 0 bridgehead atoms. The van der Waals surface area contributed by atoms with Gasteiger partial charge in [-0.05, 0) is 176 Å². The molecule has 656 valence electrons. The van der Waals surface area contributed by atoms with E-state index in [1.54, 1.807) is 36.4 Å². The summed E-state index contributed by atoms with van der Waals surface area (Å²) >= 11 is 6.26. The molecule has 1 aliphatic rings. The minimum atomic E-state index is -1.82. The number of unbranched alkanes of at least 4 members (excludes halogenated alkanes) is 2. The lowest BCUT2D eigenvalue weighted by molar-refractivity contribution is -0.303. The quantitative estimate of drug-likeness (QED) is 0.0136. The maximum absolute atomic E-state index is 15.2. The van der Waals surface area contributed by atoms with Crippen molar-refractivity contribution < 1.29 is 82.8 Å². The topological polar surface area (TPSA) is 532 Å². The number of fused-ring (bicyclic) bond motifs is 1. The zero-order valence-electron chi connectivity index (χ0n) is 69.9. The molecule has 1 aromatic heterocycles. The van der Waals surface area contributed by atoms with Gasteiger partial charge >= 0.3 is 0 Å². The first-order chi connectivity index (χ1) is 57.2. The van der Waals surface area contributed by atoms with Crippen LogP contribution in [-0.2, 0) is 88.0 Å². The second-order valence-corrected chi connectivity index (χ2v) is 29.5. The SMILES string of the molecule is CC(=O)[O-].CC(=O)[O-].CCNC(=NCCCC[C@H](NC(=O)[C@H](CC(C)C)NC(=O)[C@@H](CCCCN=C(NCC)NCC)NC(=O)[C@H](Cc1ccc(O)cc1)NC(=O)[C@H](CO)NC(=O)[C@@H](Cc1cccnc1)NC(=O)[C@@H](Cc1ccc(Cl)cc1)NC(=O)[C@@H](Cc1ccc2ccccc2c1)NC(C)=O)C(=O)N1CCC[C@H]1C(=O)N[C@H](C)C(N)=O)NCC. The molecule has 5 aromatic rings. The first-order valence-corrected chi connectivity index (χ1v) is 40.8. The summed E-state index contributed by atoms with van der Waals surface area (Å²) in [6.45, 7) is 18.2. The summed E-state index contributed by atoms with van der Waals surface area (Å²) in [5.41, 5.74) is 7.61. The summed E-state index contributed by atoms with van der Waals surface area (Å²) in [6.07, 6.45) is 4.77. The average molecular weight is 1690 g/mol. The third-order valence-corrected chi connectivity index (χ3v) is 18.7. The number of rotatable bonds is 44. The predicted molar refractivity (Wildman–Crippen MR) is 450 cm³/mol. The fourth-order valence-corrected chi connectivity index (χ4v) is 12.8. The molecule has 120 heavy (non-hydrogen) atoms. The Balaban J connectivity index is 0.00000361. The van der Waals surface area contributed by atoms with Crippen LogP contribution in [0.3, 0.4) is 0 Å². The van der Waals surface area contributed by atoms with Gasteiger partial charge < -0.3 is 110 Å². The maximum Gasteiger partial charge on any atom is 0.245 e. The standard InChI is InChI=1S/C80H113ClN18O13.2C2H4O2/c1-9-84-79(85-10-2)88-38-17-15-24-60(70(104)94-62(41-49(5)6)71(105)93-61(25-16-18-39-89-80(86-11-3)87-12-4)78(112)99-40-20-26-68(99)77(111)90-50(7)69(82)103)92-73(107)64(44-53-30-35-59(102)36-31-53)97-76(110)67(48-100)98-75(109)66(46-55-21-19-37-83-47-55)96-74(108)65(43-52-28-33-58(81)34-29-52)95-72(106)63(91-51(8)101)45-54-27-32-56-22-13-14-23-57(56)42-54;2*1-2(3)4/h13-14,19,21-23,27-37,42,47,49-50,60-68,100,102H,9-12,15-18,20,24-26,38-41,43-46,48H2,1-8H3,(H2,82,103)(H,90,111)(H,91,101)(H,92,107)(H,93,105)(H,94,104)(H,95,106)(H,96,108)(H,97,110)(H,98,109)(H2,84,85,88)(H2,86,87,89);2*1H3,(H,3,4)/p-2/t50-,60-,61+,62+,63-,64+,65-,66-,67+,68+;;/m1../s1. The molecule has 0 aliphatic carbocycles. The minimum Gasteiger partial charge on any atom is -0.550 e. The van der Waals surface area contributed by atoms with Crippen LogP contribution in [0.4, 0.5) is 0 Å². The van der Waals surface area contributed by atoms with Gasteiger partial charge in [0.2, 0.25) is 65.0 Å². The Labute approximate surface area is 705 Å². The highest BCUT2D eigenvalue weighted by Crippen LogP contribution is 2.23. The number of phenolic OH excluding ortho intramolecular Hbond substituents is 1. The van der Waals surface area contributed by atoms with Crippen LogP contribution < -0.4 is 85.1 Å². The van der Waals surface area contributed by atoms with E-state index in [1.165, 1.54) is 55.4 Å². The first-order valence-electron chi connectivity index (χ1n) is 40.4. The summed E-state index contributed by atoms with van der Waals surface area (Å²) < 4.78 is 0. The number of nitrogens with two attached hydrogens (primary N) is 1. The summed E-state index contributed by atoms with van der Waals surface area (Å²) in [5, 5.41) is 78.7. The number of aliphatic hydroxyl groups excluding tert-OH is 1. The molecule has 0 unspecified atom stereocenters. The molecule has 2 heterocycles. The minimum absolute atomic E-state index is 0.0365. The number of nitrogens with zero attached hydrogens (tertiary/aromatic N) is 4. The number of benzene rings is 4. The van der Waals surface area contributed by atoms with Crippen LogP contribution in [0.15, 0.2) is 126 Å². The van der Waals surface area contributed by atoms with Gasteiger partial charge in [-0.25, -0.2) is 0 Å². The van der Waals surface area contributed by atoms with Crippen LogP contribution in [0.5, 0.6) is 5.75 Å². The molecule has 35 nitrogen and oxygen atoms in total. The number of pyridine rings is 1. The van der Waals surface area contributed by atoms with Crippen molar-refractivity contribution in [3.63, 3.8) is 0 Å². The van der Waals surface area contributed by atoms with Crippen molar-refractivity contribution >= 4 is 111 Å². The van der Waals surface area contributed by atoms with Gasteiger partial charge in [0.25, 0.3) is 0 Å². The summed E-state index contributed by atoms with van der Waals surface area (Å²) in [6, 6.07) is 15.3. The molecule has 1 aliphatic heterocycles. The molecule has 0 saturated carbocycles. The number of hydrogen-bond acceptors (Lipinski definition) is 20. The number of aliphatic carboxylic acids is 2. The molecule has 0 spiro atoms. The van der Waals surface area contributed by atoms with Crippen molar-refractivity contribution in [3.8, 4) is 5.75 Å². The molecule has 0 radical (unpaired) electrons. The van der Waals surface area contributed by atoms with E-state index in [0.29, 0.717) is 104 Å². The monoisotopic (exact) mass is 1690 g/mol. The lowest BCUT2D eigenvalue weighted by Gasteiger charge is -2.31. The summed E-state index contributed by atoms with van der Waals surface area (Å²) in [4.78, 5) is 190. The van der Waals surface area contributed by atoms with Gasteiger partial charge in [-0.15, -0.1) is 0 Å². The Bertz CT molecular complexity index is 4180. The number of aromatic hydroxyl groups is 1. The zero-order valence-corrected chi connectivity index (χ0v) is 70.7. The molecule has 10 atom stereocenters. The van der Waals surface area contributed by atoms with E-state index >= 15 is 9.59 Å². The van der Waals surface area contributed by atoms with Crippen molar-refractivity contribution in [2.24, 2.45) is 21.6 Å². The van der Waals surface area contributed by atoms with Crippen molar-refractivity contribution in [2.75, 3.05) is 52.4 Å². The van der Waals surface area contributed by atoms with E-state index in [9.17, 15) is 53.4 Å². The van der Waals surface area contributed by atoms with Crippen LogP contribution >= 0.6 is 11.6 Å². The lowest BCUT2D eigenvalue weighted by Crippen LogP contribution is -2.61. The second kappa shape index (κ2) is 54.1. The Morgan fingerprint density at radius 2 is 0.925 bits per heavy atom. The number of phenols is 1. The number of guanidine groups is 2. The first kappa shape index (κ1) is 100. The van der Waals surface area contributed by atoms with Gasteiger partial charge in [-0.3, -0.25) is 67.7 Å². The zero-order chi connectivity index (χ0) is 88.8. The van der Waals surface area contributed by atoms with Crippen LogP contribution in [0.1, 0.15) is 149 Å². The number of carbonyl (C=O) groups excluding carboxylic acids is 13. The molecular formula is C84H119ClN18O17-2. The molecule has 17 N–H and O–H groups in total. The van der Waals surface area contributed by atoms with E-state index in [-0.39, 0.29) is 76.0 Å². The van der Waals surface area contributed by atoms with Gasteiger partial charge in [0.05, 0.1) is 6.61 Å². The number of hydrogen-bond donors (Lipinski definition) is 16. The number of amides is 11. The third-order valence-electron chi connectivity index (χ3n) is 18.5. The number of primary amides is 1. The van der Waals surface area contributed by atoms with E-state index in [2.05, 4.69) is 84.1 Å². The Hall–Kier alpha value is -12.0. The van der Waals surface area contributed by atoms with Crippen LogP contribution in [0, 0.1) is 5.92 Å².